The van der Waals surface area contributed by atoms with Gasteiger partial charge in [0.15, 0.2) is 0 Å². The highest BCUT2D eigenvalue weighted by molar-refractivity contribution is 7.95. The number of hydrogen-bond donors (Lipinski definition) is 0. The van der Waals surface area contributed by atoms with E-state index in [2.05, 4.69) is 6.58 Å². The Hall–Kier alpha value is 0.0500. The van der Waals surface area contributed by atoms with Crippen molar-refractivity contribution in [1.29, 1.82) is 0 Å². The Bertz CT molecular complexity index is 158. The lowest BCUT2D eigenvalue weighted by Gasteiger charge is -2.24. The first-order valence-electron chi connectivity index (χ1n) is 4.36. The maximum Gasteiger partial charge on any atom is 0.0765 e. The summed E-state index contributed by atoms with van der Waals surface area (Å²) in [5.41, 5.74) is 0. The van der Waals surface area contributed by atoms with E-state index >= 15 is 0 Å². The minimum absolute atomic E-state index is 0.539. The van der Waals surface area contributed by atoms with Crippen molar-refractivity contribution in [3.8, 4) is 0 Å². The van der Waals surface area contributed by atoms with Crippen LogP contribution in [0, 0.1) is 5.92 Å². The van der Waals surface area contributed by atoms with E-state index in [0.29, 0.717) is 11.4 Å². The molecule has 2 fully saturated rings. The first-order chi connectivity index (χ1) is 5.42. The molecule has 1 saturated carbocycles. The lowest BCUT2D eigenvalue weighted by Crippen LogP contribution is -2.25. The Kier molecular flexibility index (Phi) is 2.23. The van der Waals surface area contributed by atoms with Crippen molar-refractivity contribution in [2.45, 2.75) is 37.0 Å². The first kappa shape index (κ1) is 7.69. The quantitative estimate of drug-likeness (QED) is 0.442. The van der Waals surface area contributed by atoms with Crippen LogP contribution in [-0.4, -0.2) is 11.4 Å². The van der Waals surface area contributed by atoms with Crippen molar-refractivity contribution < 1.29 is 4.18 Å². The molecule has 1 saturated heterocycles. The molecule has 62 valence electrons. The summed E-state index contributed by atoms with van der Waals surface area (Å²) >= 11 is 1.63. The van der Waals surface area contributed by atoms with Crippen LogP contribution in [0.5, 0.6) is 0 Å². The van der Waals surface area contributed by atoms with Crippen LogP contribution < -0.4 is 0 Å². The van der Waals surface area contributed by atoms with Gasteiger partial charge in [-0.1, -0.05) is 18.9 Å². The standard InChI is InChI=1S/C9H14OS/c1-2-9-7-5-3-4-6-8(7)10-11-9/h2,7-9H,1,3-6H2. The Balaban J connectivity index is 2.03. The predicted octanol–water partition coefficient (Wildman–Crippen LogP) is 2.78. The minimum Gasteiger partial charge on any atom is -0.311 e. The van der Waals surface area contributed by atoms with Crippen molar-refractivity contribution in [3.05, 3.63) is 12.7 Å². The van der Waals surface area contributed by atoms with Gasteiger partial charge >= 0.3 is 0 Å². The van der Waals surface area contributed by atoms with E-state index in [1.54, 1.807) is 12.0 Å². The molecule has 0 N–H and O–H groups in total. The Morgan fingerprint density at radius 3 is 3.00 bits per heavy atom. The zero-order valence-corrected chi connectivity index (χ0v) is 7.48. The van der Waals surface area contributed by atoms with Crippen molar-refractivity contribution in [2.75, 3.05) is 0 Å². The van der Waals surface area contributed by atoms with E-state index in [1.165, 1.54) is 25.7 Å². The number of fused-ring (bicyclic) bond motifs is 1. The van der Waals surface area contributed by atoms with Crippen LogP contribution in [0.15, 0.2) is 12.7 Å². The van der Waals surface area contributed by atoms with Crippen LogP contribution in [0.3, 0.4) is 0 Å². The molecule has 3 atom stereocenters. The van der Waals surface area contributed by atoms with Gasteiger partial charge < -0.3 is 4.18 Å². The summed E-state index contributed by atoms with van der Waals surface area (Å²) in [6.07, 6.45) is 7.93. The Morgan fingerprint density at radius 1 is 1.36 bits per heavy atom. The van der Waals surface area contributed by atoms with E-state index in [0.717, 1.165) is 5.92 Å². The first-order valence-corrected chi connectivity index (χ1v) is 5.17. The largest absolute Gasteiger partial charge is 0.311 e. The molecule has 1 aliphatic carbocycles. The average molecular weight is 170 g/mol. The monoisotopic (exact) mass is 170 g/mol. The molecule has 0 amide bonds. The molecule has 0 aromatic heterocycles. The van der Waals surface area contributed by atoms with Crippen molar-refractivity contribution >= 4 is 12.0 Å². The molecule has 0 aromatic carbocycles. The molecule has 1 heterocycles. The third kappa shape index (κ3) is 1.34. The molecule has 0 bridgehead atoms. The van der Waals surface area contributed by atoms with Gasteiger partial charge in [-0.05, 0) is 24.9 Å². The second kappa shape index (κ2) is 3.20. The van der Waals surface area contributed by atoms with Crippen LogP contribution in [-0.2, 0) is 4.18 Å². The molecular weight excluding hydrogens is 156 g/mol. The van der Waals surface area contributed by atoms with E-state index in [9.17, 15) is 0 Å². The fourth-order valence-electron chi connectivity index (χ4n) is 2.04. The highest BCUT2D eigenvalue weighted by atomic mass is 32.2. The van der Waals surface area contributed by atoms with E-state index in [-0.39, 0.29) is 0 Å². The van der Waals surface area contributed by atoms with Gasteiger partial charge in [0.25, 0.3) is 0 Å². The smallest absolute Gasteiger partial charge is 0.0765 e. The van der Waals surface area contributed by atoms with Gasteiger partial charge in [0.1, 0.15) is 0 Å². The van der Waals surface area contributed by atoms with E-state index in [1.807, 2.05) is 6.08 Å². The van der Waals surface area contributed by atoms with Gasteiger partial charge in [-0.25, -0.2) is 0 Å². The second-order valence-corrected chi connectivity index (χ2v) is 4.31. The summed E-state index contributed by atoms with van der Waals surface area (Å²) in [5.74, 6) is 0.770. The minimum atomic E-state index is 0.539. The zero-order chi connectivity index (χ0) is 7.68. The molecule has 0 spiro atoms. The molecular formula is C9H14OS. The fourth-order valence-corrected chi connectivity index (χ4v) is 3.08. The van der Waals surface area contributed by atoms with Gasteiger partial charge in [-0.2, -0.15) is 0 Å². The maximum absolute atomic E-state index is 5.61. The fraction of sp³-hybridized carbons (Fsp3) is 0.778. The SMILES string of the molecule is C=CC1SOC2CCCCC21. The molecule has 2 heteroatoms. The summed E-state index contributed by atoms with van der Waals surface area (Å²) in [5, 5.41) is 0.570. The molecule has 11 heavy (non-hydrogen) atoms. The van der Waals surface area contributed by atoms with Gasteiger partial charge in [-0.3, -0.25) is 0 Å². The number of hydrogen-bond acceptors (Lipinski definition) is 2. The maximum atomic E-state index is 5.61. The molecule has 1 aliphatic heterocycles. The van der Waals surface area contributed by atoms with Crippen molar-refractivity contribution in [1.82, 2.24) is 0 Å². The topological polar surface area (TPSA) is 9.23 Å². The average Bonchev–Trinajstić information content (AvgIpc) is 2.47. The lowest BCUT2D eigenvalue weighted by atomic mass is 9.84. The molecule has 0 radical (unpaired) electrons. The van der Waals surface area contributed by atoms with Gasteiger partial charge in [-0.15, -0.1) is 6.58 Å². The van der Waals surface area contributed by atoms with Gasteiger partial charge in [0.05, 0.1) is 11.4 Å². The molecule has 0 aromatic rings. The Labute approximate surface area is 72.4 Å². The van der Waals surface area contributed by atoms with Crippen LogP contribution in [0.2, 0.25) is 0 Å². The van der Waals surface area contributed by atoms with Crippen LogP contribution >= 0.6 is 12.0 Å². The van der Waals surface area contributed by atoms with Crippen molar-refractivity contribution in [3.63, 3.8) is 0 Å². The van der Waals surface area contributed by atoms with Gasteiger partial charge in [0.2, 0.25) is 0 Å². The molecule has 2 rings (SSSR count). The summed E-state index contributed by atoms with van der Waals surface area (Å²) < 4.78 is 5.61. The highest BCUT2D eigenvalue weighted by Crippen LogP contribution is 2.43. The molecule has 3 unspecified atom stereocenters. The van der Waals surface area contributed by atoms with E-state index in [4.69, 9.17) is 4.18 Å². The van der Waals surface area contributed by atoms with Crippen LogP contribution in [0.4, 0.5) is 0 Å². The number of rotatable bonds is 1. The van der Waals surface area contributed by atoms with Crippen LogP contribution in [0.1, 0.15) is 25.7 Å². The summed E-state index contributed by atoms with van der Waals surface area (Å²) in [6, 6.07) is 0. The summed E-state index contributed by atoms with van der Waals surface area (Å²) in [6.45, 7) is 3.83. The lowest BCUT2D eigenvalue weighted by molar-refractivity contribution is 0.149. The Morgan fingerprint density at radius 2 is 2.18 bits per heavy atom. The zero-order valence-electron chi connectivity index (χ0n) is 6.66. The molecule has 2 aliphatic rings. The molecule has 1 nitrogen and oxygen atoms in total. The summed E-state index contributed by atoms with van der Waals surface area (Å²) in [4.78, 5) is 0. The summed E-state index contributed by atoms with van der Waals surface area (Å²) in [7, 11) is 0. The normalized spacial score (nSPS) is 43.5. The van der Waals surface area contributed by atoms with Crippen LogP contribution in [0.25, 0.3) is 0 Å². The van der Waals surface area contributed by atoms with E-state index < -0.39 is 0 Å². The highest BCUT2D eigenvalue weighted by Gasteiger charge is 2.37. The van der Waals surface area contributed by atoms with Crippen molar-refractivity contribution in [2.24, 2.45) is 5.92 Å². The third-order valence-corrected chi connectivity index (χ3v) is 3.82. The third-order valence-electron chi connectivity index (χ3n) is 2.70. The second-order valence-electron chi connectivity index (χ2n) is 3.38. The predicted molar refractivity (Wildman–Crippen MR) is 48.4 cm³/mol. The van der Waals surface area contributed by atoms with Gasteiger partial charge in [0, 0.05) is 5.92 Å².